The third kappa shape index (κ3) is 5.35. The fourth-order valence-corrected chi connectivity index (χ4v) is 0.510. The first-order chi connectivity index (χ1) is 4.31. The second kappa shape index (κ2) is 5.61. The normalized spacial score (nSPS) is 13.0. The zero-order valence-electron chi connectivity index (χ0n) is 6.57. The van der Waals surface area contributed by atoms with Crippen molar-refractivity contribution in [3.8, 4) is 0 Å². The smallest absolute Gasteiger partial charge is 0.0350 e. The summed E-state index contributed by atoms with van der Waals surface area (Å²) < 4.78 is 0. The van der Waals surface area contributed by atoms with E-state index in [1.807, 2.05) is 6.92 Å². The standard InChI is InChI=1S/C9H15/c1-4-6-7-8-9(3)5-2/h7-8H,4,6H2,1-3H3/b8-7+,9-5?. The highest BCUT2D eigenvalue weighted by atomic mass is 13.8. The molecule has 0 heterocycles. The van der Waals surface area contributed by atoms with Crippen molar-refractivity contribution in [3.05, 3.63) is 23.8 Å². The van der Waals surface area contributed by atoms with Crippen molar-refractivity contribution in [2.24, 2.45) is 0 Å². The lowest BCUT2D eigenvalue weighted by atomic mass is 10.2. The minimum atomic E-state index is 1.18. The Morgan fingerprint density at radius 1 is 1.56 bits per heavy atom. The predicted octanol–water partition coefficient (Wildman–Crippen LogP) is 3.11. The molecule has 0 saturated heterocycles. The van der Waals surface area contributed by atoms with E-state index >= 15 is 0 Å². The maximum Gasteiger partial charge on any atom is -0.0350 e. The second-order valence-electron chi connectivity index (χ2n) is 2.12. The molecule has 0 rings (SSSR count). The number of hydrogen-bond donors (Lipinski definition) is 0. The molecule has 0 bridgehead atoms. The molecule has 9 heavy (non-hydrogen) atoms. The van der Waals surface area contributed by atoms with Gasteiger partial charge in [-0.3, -0.25) is 0 Å². The summed E-state index contributed by atoms with van der Waals surface area (Å²) in [4.78, 5) is 0. The van der Waals surface area contributed by atoms with E-state index in [1.54, 1.807) is 0 Å². The van der Waals surface area contributed by atoms with E-state index in [0.29, 0.717) is 0 Å². The number of allylic oxidation sites excluding steroid dienone is 4. The van der Waals surface area contributed by atoms with Gasteiger partial charge in [-0.05, 0) is 31.9 Å². The number of unbranched alkanes of at least 4 members (excludes halogenated alkanes) is 1. The van der Waals surface area contributed by atoms with Crippen LogP contribution >= 0.6 is 0 Å². The van der Waals surface area contributed by atoms with Gasteiger partial charge in [0.15, 0.2) is 0 Å². The Morgan fingerprint density at radius 2 is 2.22 bits per heavy atom. The first-order valence-electron chi connectivity index (χ1n) is 3.49. The molecule has 0 amide bonds. The topological polar surface area (TPSA) is 0 Å². The molecule has 0 unspecified atom stereocenters. The molecule has 0 saturated carbocycles. The predicted molar refractivity (Wildman–Crippen MR) is 42.2 cm³/mol. The van der Waals surface area contributed by atoms with Crippen LogP contribution in [0, 0.1) is 6.08 Å². The van der Waals surface area contributed by atoms with Gasteiger partial charge in [0.2, 0.25) is 0 Å². The second-order valence-corrected chi connectivity index (χ2v) is 2.12. The van der Waals surface area contributed by atoms with Gasteiger partial charge in [0, 0.05) is 0 Å². The van der Waals surface area contributed by atoms with Gasteiger partial charge in [0.25, 0.3) is 0 Å². The quantitative estimate of drug-likeness (QED) is 0.506. The molecular weight excluding hydrogens is 108 g/mol. The van der Waals surface area contributed by atoms with Crippen molar-refractivity contribution >= 4 is 0 Å². The molecular formula is C9H15. The average molecular weight is 123 g/mol. The van der Waals surface area contributed by atoms with Crippen molar-refractivity contribution in [2.45, 2.75) is 33.6 Å². The summed E-state index contributed by atoms with van der Waals surface area (Å²) in [7, 11) is 0. The van der Waals surface area contributed by atoms with E-state index in [0.717, 1.165) is 0 Å². The first kappa shape index (κ1) is 8.48. The van der Waals surface area contributed by atoms with Crippen LogP contribution < -0.4 is 0 Å². The zero-order valence-corrected chi connectivity index (χ0v) is 6.57. The molecule has 0 spiro atoms. The molecule has 0 aromatic rings. The first-order valence-corrected chi connectivity index (χ1v) is 3.49. The molecule has 51 valence electrons. The number of rotatable bonds is 3. The van der Waals surface area contributed by atoms with Crippen LogP contribution in [0.15, 0.2) is 17.7 Å². The summed E-state index contributed by atoms with van der Waals surface area (Å²) in [5.41, 5.74) is 1.23. The maximum atomic E-state index is 3.05. The lowest BCUT2D eigenvalue weighted by molar-refractivity contribution is 0.957. The summed E-state index contributed by atoms with van der Waals surface area (Å²) in [6, 6.07) is 0. The molecule has 0 N–H and O–H groups in total. The lowest BCUT2D eigenvalue weighted by Crippen LogP contribution is -1.66. The molecule has 1 radical (unpaired) electrons. The van der Waals surface area contributed by atoms with Crippen LogP contribution in [0.2, 0.25) is 0 Å². The lowest BCUT2D eigenvalue weighted by Gasteiger charge is -1.86. The molecule has 0 nitrogen and oxygen atoms in total. The van der Waals surface area contributed by atoms with Crippen LogP contribution in [0.1, 0.15) is 33.6 Å². The summed E-state index contributed by atoms with van der Waals surface area (Å²) in [6.07, 6.45) is 9.76. The molecule has 0 aromatic carbocycles. The molecule has 0 aliphatic rings. The van der Waals surface area contributed by atoms with Crippen LogP contribution in [0.25, 0.3) is 0 Å². The largest absolute Gasteiger partial charge is 0.0843 e. The monoisotopic (exact) mass is 123 g/mol. The SMILES string of the molecule is C/[C]=C(C)\C=C\CCC. The fourth-order valence-electron chi connectivity index (χ4n) is 0.510. The van der Waals surface area contributed by atoms with Crippen molar-refractivity contribution in [3.63, 3.8) is 0 Å². The number of hydrogen-bond acceptors (Lipinski definition) is 0. The average Bonchev–Trinajstić information content (AvgIpc) is 1.89. The molecule has 0 heteroatoms. The maximum absolute atomic E-state index is 3.05. The Bertz CT molecular complexity index is 107. The summed E-state index contributed by atoms with van der Waals surface area (Å²) in [6.45, 7) is 6.18. The van der Waals surface area contributed by atoms with Gasteiger partial charge in [-0.25, -0.2) is 0 Å². The van der Waals surface area contributed by atoms with Crippen LogP contribution in [-0.2, 0) is 0 Å². The van der Waals surface area contributed by atoms with Gasteiger partial charge in [-0.1, -0.05) is 25.5 Å². The Balaban J connectivity index is 3.45. The van der Waals surface area contributed by atoms with E-state index in [-0.39, 0.29) is 0 Å². The van der Waals surface area contributed by atoms with Gasteiger partial charge in [-0.2, -0.15) is 0 Å². The minimum absolute atomic E-state index is 1.18. The third-order valence-corrected chi connectivity index (χ3v) is 1.22. The van der Waals surface area contributed by atoms with E-state index in [4.69, 9.17) is 0 Å². The fraction of sp³-hybridized carbons (Fsp3) is 0.556. The third-order valence-electron chi connectivity index (χ3n) is 1.22. The highest BCUT2D eigenvalue weighted by Gasteiger charge is 1.75. The van der Waals surface area contributed by atoms with E-state index in [9.17, 15) is 0 Å². The Morgan fingerprint density at radius 3 is 2.67 bits per heavy atom. The van der Waals surface area contributed by atoms with Gasteiger partial charge in [-0.15, -0.1) is 0 Å². The van der Waals surface area contributed by atoms with Crippen LogP contribution in [0.3, 0.4) is 0 Å². The van der Waals surface area contributed by atoms with Crippen LogP contribution in [-0.4, -0.2) is 0 Å². The van der Waals surface area contributed by atoms with Gasteiger partial charge >= 0.3 is 0 Å². The van der Waals surface area contributed by atoms with E-state index in [1.165, 1.54) is 18.4 Å². The summed E-state index contributed by atoms with van der Waals surface area (Å²) >= 11 is 0. The van der Waals surface area contributed by atoms with Crippen LogP contribution in [0.4, 0.5) is 0 Å². The summed E-state index contributed by atoms with van der Waals surface area (Å²) in [5.74, 6) is 0. The zero-order chi connectivity index (χ0) is 7.11. The van der Waals surface area contributed by atoms with E-state index < -0.39 is 0 Å². The molecule has 0 aromatic heterocycles. The highest BCUT2D eigenvalue weighted by molar-refractivity contribution is 5.11. The van der Waals surface area contributed by atoms with Crippen molar-refractivity contribution in [1.29, 1.82) is 0 Å². The van der Waals surface area contributed by atoms with Crippen molar-refractivity contribution in [2.75, 3.05) is 0 Å². The van der Waals surface area contributed by atoms with Crippen LogP contribution in [0.5, 0.6) is 0 Å². The molecule has 0 aliphatic carbocycles. The summed E-state index contributed by atoms with van der Waals surface area (Å²) in [5, 5.41) is 0. The molecule has 0 aliphatic heterocycles. The van der Waals surface area contributed by atoms with Crippen molar-refractivity contribution < 1.29 is 0 Å². The Kier molecular flexibility index (Phi) is 5.29. The van der Waals surface area contributed by atoms with Gasteiger partial charge in [0.05, 0.1) is 0 Å². The van der Waals surface area contributed by atoms with Gasteiger partial charge in [0.1, 0.15) is 0 Å². The minimum Gasteiger partial charge on any atom is -0.0843 e. The highest BCUT2D eigenvalue weighted by Crippen LogP contribution is 1.95. The Hall–Kier alpha value is -0.520. The Labute approximate surface area is 58.3 Å². The molecule has 0 atom stereocenters. The van der Waals surface area contributed by atoms with E-state index in [2.05, 4.69) is 32.1 Å². The van der Waals surface area contributed by atoms with Crippen molar-refractivity contribution in [1.82, 2.24) is 0 Å². The van der Waals surface area contributed by atoms with Gasteiger partial charge < -0.3 is 0 Å². The molecule has 0 fully saturated rings.